The molecule has 7 heteroatoms. The Labute approximate surface area is 141 Å². The van der Waals surface area contributed by atoms with E-state index in [-0.39, 0.29) is 5.91 Å². The minimum absolute atomic E-state index is 0.0195. The van der Waals surface area contributed by atoms with E-state index < -0.39 is 0 Å². The van der Waals surface area contributed by atoms with Crippen LogP contribution in [-0.2, 0) is 11.2 Å². The number of carbonyl (C=O) groups excluding carboxylic acids is 1. The highest BCUT2D eigenvalue weighted by atomic mass is 35.5. The van der Waals surface area contributed by atoms with Gasteiger partial charge < -0.3 is 9.73 Å². The Balaban J connectivity index is 1.88. The Morgan fingerprint density at radius 2 is 2.04 bits per heavy atom. The number of nitrogens with one attached hydrogen (secondary N) is 1. The predicted molar refractivity (Wildman–Crippen MR) is 87.5 cm³/mol. The standard InChI is InChI=1S/C16H9Cl2N3O2/c17-11-3-2-10(16-21-19-7-23-16)15(18)14(11)8-1-4-12-9(5-8)6-13(22)20-12/h1-5,7H,6H2,(H,20,22). The second-order valence-electron chi connectivity index (χ2n) is 5.12. The lowest BCUT2D eigenvalue weighted by atomic mass is 9.99. The fourth-order valence-corrected chi connectivity index (χ4v) is 3.33. The zero-order valence-electron chi connectivity index (χ0n) is 11.6. The summed E-state index contributed by atoms with van der Waals surface area (Å²) in [7, 11) is 0. The molecule has 0 saturated carbocycles. The van der Waals surface area contributed by atoms with Crippen molar-refractivity contribution < 1.29 is 9.21 Å². The van der Waals surface area contributed by atoms with Gasteiger partial charge in [-0.2, -0.15) is 0 Å². The molecular weight excluding hydrogens is 337 g/mol. The van der Waals surface area contributed by atoms with E-state index in [4.69, 9.17) is 27.6 Å². The highest BCUT2D eigenvalue weighted by molar-refractivity contribution is 6.40. The van der Waals surface area contributed by atoms with Gasteiger partial charge in [0, 0.05) is 16.3 Å². The molecule has 0 saturated heterocycles. The molecule has 0 fully saturated rings. The van der Waals surface area contributed by atoms with Crippen LogP contribution < -0.4 is 5.32 Å². The average molecular weight is 346 g/mol. The average Bonchev–Trinajstić information content (AvgIpc) is 3.15. The number of rotatable bonds is 2. The van der Waals surface area contributed by atoms with E-state index in [1.165, 1.54) is 6.39 Å². The molecule has 4 rings (SSSR count). The van der Waals surface area contributed by atoms with Gasteiger partial charge in [0.25, 0.3) is 0 Å². The molecule has 5 nitrogen and oxygen atoms in total. The van der Waals surface area contributed by atoms with E-state index in [0.717, 1.165) is 16.8 Å². The summed E-state index contributed by atoms with van der Waals surface area (Å²) in [6, 6.07) is 9.10. The number of amides is 1. The number of hydrogen-bond donors (Lipinski definition) is 1. The number of hydrogen-bond acceptors (Lipinski definition) is 4. The molecule has 23 heavy (non-hydrogen) atoms. The van der Waals surface area contributed by atoms with Crippen LogP contribution in [-0.4, -0.2) is 16.1 Å². The highest BCUT2D eigenvalue weighted by Crippen LogP contribution is 2.41. The van der Waals surface area contributed by atoms with Crippen LogP contribution in [0, 0.1) is 0 Å². The van der Waals surface area contributed by atoms with Crippen LogP contribution in [0.1, 0.15) is 5.56 Å². The summed E-state index contributed by atoms with van der Waals surface area (Å²) in [5.74, 6) is 0.305. The highest BCUT2D eigenvalue weighted by Gasteiger charge is 2.21. The lowest BCUT2D eigenvalue weighted by Gasteiger charge is -2.11. The van der Waals surface area contributed by atoms with Gasteiger partial charge in [0.05, 0.1) is 17.0 Å². The zero-order chi connectivity index (χ0) is 16.0. The topological polar surface area (TPSA) is 68.0 Å². The maximum absolute atomic E-state index is 11.5. The zero-order valence-corrected chi connectivity index (χ0v) is 13.1. The Morgan fingerprint density at radius 3 is 2.83 bits per heavy atom. The monoisotopic (exact) mass is 345 g/mol. The predicted octanol–water partition coefficient (Wildman–Crippen LogP) is 4.21. The van der Waals surface area contributed by atoms with E-state index in [1.54, 1.807) is 12.1 Å². The summed E-state index contributed by atoms with van der Waals surface area (Å²) in [5.41, 5.74) is 3.85. The summed E-state index contributed by atoms with van der Waals surface area (Å²) < 4.78 is 5.21. The Bertz CT molecular complexity index is 923. The lowest BCUT2D eigenvalue weighted by molar-refractivity contribution is -0.115. The molecule has 1 aliphatic rings. The van der Waals surface area contributed by atoms with Crippen molar-refractivity contribution in [3.05, 3.63) is 52.3 Å². The number of carbonyl (C=O) groups is 1. The third-order valence-corrected chi connectivity index (χ3v) is 4.41. The first-order valence-corrected chi connectivity index (χ1v) is 7.57. The van der Waals surface area contributed by atoms with Crippen molar-refractivity contribution >= 4 is 34.8 Å². The molecule has 1 N–H and O–H groups in total. The number of benzene rings is 2. The summed E-state index contributed by atoms with van der Waals surface area (Å²) in [4.78, 5) is 11.5. The first kappa shape index (κ1) is 14.2. The van der Waals surface area contributed by atoms with Crippen LogP contribution in [0.3, 0.4) is 0 Å². The minimum Gasteiger partial charge on any atom is -0.423 e. The second kappa shape index (κ2) is 5.37. The second-order valence-corrected chi connectivity index (χ2v) is 5.91. The van der Waals surface area contributed by atoms with Crippen molar-refractivity contribution in [1.29, 1.82) is 0 Å². The number of anilines is 1. The molecule has 0 bridgehead atoms. The molecule has 2 heterocycles. The van der Waals surface area contributed by atoms with Gasteiger partial charge in [-0.15, -0.1) is 10.2 Å². The van der Waals surface area contributed by atoms with Crippen molar-refractivity contribution in [2.45, 2.75) is 6.42 Å². The van der Waals surface area contributed by atoms with Crippen molar-refractivity contribution in [2.75, 3.05) is 5.32 Å². The number of nitrogens with zero attached hydrogens (tertiary/aromatic N) is 2. The fourth-order valence-electron chi connectivity index (χ4n) is 2.66. The maximum atomic E-state index is 11.5. The van der Waals surface area contributed by atoms with Crippen molar-refractivity contribution in [3.8, 4) is 22.6 Å². The van der Waals surface area contributed by atoms with Crippen molar-refractivity contribution in [3.63, 3.8) is 0 Å². The molecule has 2 aromatic carbocycles. The molecule has 0 atom stereocenters. The number of halogens is 2. The van der Waals surface area contributed by atoms with Gasteiger partial charge in [-0.1, -0.05) is 29.3 Å². The number of aromatic nitrogens is 2. The van der Waals surface area contributed by atoms with Crippen LogP contribution in [0.15, 0.2) is 41.1 Å². The summed E-state index contributed by atoms with van der Waals surface area (Å²) in [6.07, 6.45) is 1.59. The van der Waals surface area contributed by atoms with E-state index in [2.05, 4.69) is 15.5 Å². The molecular formula is C16H9Cl2N3O2. The van der Waals surface area contributed by atoms with Gasteiger partial charge >= 0.3 is 0 Å². The van der Waals surface area contributed by atoms with Gasteiger partial charge in [-0.25, -0.2) is 0 Å². The number of fused-ring (bicyclic) bond motifs is 1. The van der Waals surface area contributed by atoms with E-state index in [1.807, 2.05) is 18.2 Å². The lowest BCUT2D eigenvalue weighted by Crippen LogP contribution is -2.03. The van der Waals surface area contributed by atoms with E-state index >= 15 is 0 Å². The van der Waals surface area contributed by atoms with E-state index in [0.29, 0.717) is 33.5 Å². The summed E-state index contributed by atoms with van der Waals surface area (Å²) in [5, 5.41) is 11.3. The molecule has 0 radical (unpaired) electrons. The molecule has 1 aromatic heterocycles. The molecule has 0 spiro atoms. The minimum atomic E-state index is -0.0195. The van der Waals surface area contributed by atoms with Gasteiger partial charge in [0.15, 0.2) is 0 Å². The molecule has 0 aliphatic carbocycles. The quantitative estimate of drug-likeness (QED) is 0.755. The molecule has 1 aliphatic heterocycles. The Kier molecular flexibility index (Phi) is 3.32. The molecule has 0 unspecified atom stereocenters. The largest absolute Gasteiger partial charge is 0.423 e. The molecule has 114 valence electrons. The Morgan fingerprint density at radius 1 is 1.17 bits per heavy atom. The van der Waals surface area contributed by atoms with Crippen molar-refractivity contribution in [2.24, 2.45) is 0 Å². The third-order valence-electron chi connectivity index (χ3n) is 3.70. The smallest absolute Gasteiger partial charge is 0.248 e. The van der Waals surface area contributed by atoms with E-state index in [9.17, 15) is 4.79 Å². The van der Waals surface area contributed by atoms with Crippen LogP contribution in [0.2, 0.25) is 10.0 Å². The summed E-state index contributed by atoms with van der Waals surface area (Å²) >= 11 is 12.9. The van der Waals surface area contributed by atoms with Gasteiger partial charge in [-0.3, -0.25) is 4.79 Å². The van der Waals surface area contributed by atoms with Crippen LogP contribution in [0.5, 0.6) is 0 Å². The van der Waals surface area contributed by atoms with Crippen LogP contribution in [0.4, 0.5) is 5.69 Å². The normalized spacial score (nSPS) is 13.0. The first-order valence-electron chi connectivity index (χ1n) is 6.81. The SMILES string of the molecule is O=C1Cc2cc(-c3c(Cl)ccc(-c4nnco4)c3Cl)ccc2N1. The van der Waals surface area contributed by atoms with Crippen LogP contribution in [0.25, 0.3) is 22.6 Å². The van der Waals surface area contributed by atoms with Gasteiger partial charge in [0.1, 0.15) is 0 Å². The van der Waals surface area contributed by atoms with Crippen LogP contribution >= 0.6 is 23.2 Å². The first-order chi connectivity index (χ1) is 11.1. The van der Waals surface area contributed by atoms with Gasteiger partial charge in [-0.05, 0) is 35.4 Å². The van der Waals surface area contributed by atoms with Gasteiger partial charge in [0.2, 0.25) is 18.2 Å². The molecule has 3 aromatic rings. The summed E-state index contributed by atoms with van der Waals surface area (Å²) in [6.45, 7) is 0. The third kappa shape index (κ3) is 2.38. The maximum Gasteiger partial charge on any atom is 0.248 e. The molecule has 1 amide bonds. The fraction of sp³-hybridized carbons (Fsp3) is 0.0625. The van der Waals surface area contributed by atoms with Crippen molar-refractivity contribution in [1.82, 2.24) is 10.2 Å². The Hall–Kier alpha value is -2.37.